The van der Waals surface area contributed by atoms with Gasteiger partial charge in [0.1, 0.15) is 5.82 Å². The molecule has 0 spiro atoms. The summed E-state index contributed by atoms with van der Waals surface area (Å²) in [4.78, 5) is 29.1. The number of amides is 1. The van der Waals surface area contributed by atoms with E-state index in [4.69, 9.17) is 5.11 Å². The van der Waals surface area contributed by atoms with Gasteiger partial charge in [-0.3, -0.25) is 9.59 Å². The molecule has 1 aliphatic carbocycles. The van der Waals surface area contributed by atoms with Crippen LogP contribution in [-0.4, -0.2) is 35.1 Å². The van der Waals surface area contributed by atoms with E-state index in [0.29, 0.717) is 12.1 Å². The van der Waals surface area contributed by atoms with Crippen LogP contribution in [0.15, 0.2) is 18.3 Å². The van der Waals surface area contributed by atoms with Crippen LogP contribution in [-0.2, 0) is 9.59 Å². The summed E-state index contributed by atoms with van der Waals surface area (Å²) in [6, 6.07) is 3.71. The molecule has 1 saturated carbocycles. The highest BCUT2D eigenvalue weighted by molar-refractivity contribution is 5.98. The minimum absolute atomic E-state index is 0.229. The van der Waals surface area contributed by atoms with Gasteiger partial charge in [-0.1, -0.05) is 0 Å². The average Bonchev–Trinajstić information content (AvgIpc) is 3.07. The Kier molecular flexibility index (Phi) is 3.30. The molecular formula is C14H17N3O3. The third-order valence-electron chi connectivity index (χ3n) is 3.89. The number of aromatic nitrogens is 1. The van der Waals surface area contributed by atoms with E-state index in [0.717, 1.165) is 18.9 Å². The summed E-state index contributed by atoms with van der Waals surface area (Å²) >= 11 is 0. The third-order valence-corrected chi connectivity index (χ3v) is 3.89. The molecule has 6 heteroatoms. The smallest absolute Gasteiger partial charge is 0.307 e. The number of carboxylic acids is 1. The maximum Gasteiger partial charge on any atom is 0.307 e. The fourth-order valence-electron chi connectivity index (χ4n) is 2.59. The molecule has 2 fully saturated rings. The van der Waals surface area contributed by atoms with E-state index in [9.17, 15) is 9.59 Å². The summed E-state index contributed by atoms with van der Waals surface area (Å²) in [5, 5.41) is 11.5. The highest BCUT2D eigenvalue weighted by Gasteiger charge is 2.48. The molecule has 2 N–H and O–H groups in total. The number of carbonyl (C=O) groups is 2. The number of aliphatic carboxylic acids is 1. The number of hydrogen-bond donors (Lipinski definition) is 2. The van der Waals surface area contributed by atoms with Crippen molar-refractivity contribution in [2.75, 3.05) is 23.3 Å². The normalized spacial score (nSPS) is 24.5. The zero-order chi connectivity index (χ0) is 14.1. The van der Waals surface area contributed by atoms with Gasteiger partial charge in [-0.25, -0.2) is 4.98 Å². The van der Waals surface area contributed by atoms with E-state index in [1.165, 1.54) is 12.8 Å². The van der Waals surface area contributed by atoms with Gasteiger partial charge in [-0.15, -0.1) is 0 Å². The molecule has 2 heterocycles. The van der Waals surface area contributed by atoms with Crippen LogP contribution >= 0.6 is 0 Å². The van der Waals surface area contributed by atoms with Crippen molar-refractivity contribution in [3.8, 4) is 0 Å². The van der Waals surface area contributed by atoms with Crippen molar-refractivity contribution >= 4 is 23.4 Å². The van der Waals surface area contributed by atoms with Crippen LogP contribution in [0.2, 0.25) is 0 Å². The van der Waals surface area contributed by atoms with Crippen LogP contribution in [0, 0.1) is 11.8 Å². The summed E-state index contributed by atoms with van der Waals surface area (Å²) in [6.45, 7) is 2.06. The molecule has 2 atom stereocenters. The molecule has 0 bridgehead atoms. The molecule has 1 aromatic rings. The van der Waals surface area contributed by atoms with Gasteiger partial charge in [-0.2, -0.15) is 0 Å². The Balaban J connectivity index is 1.58. The molecule has 0 unspecified atom stereocenters. The first-order valence-electron chi connectivity index (χ1n) is 6.90. The number of carbonyl (C=O) groups excluding carboxylic acids is 1. The molecule has 2 aliphatic rings. The predicted octanol–water partition coefficient (Wildman–Crippen LogP) is 1.34. The second kappa shape index (κ2) is 5.11. The molecule has 1 saturated heterocycles. The fourth-order valence-corrected chi connectivity index (χ4v) is 2.59. The van der Waals surface area contributed by atoms with Crippen LogP contribution in [0.4, 0.5) is 11.5 Å². The zero-order valence-corrected chi connectivity index (χ0v) is 11.1. The monoisotopic (exact) mass is 275 g/mol. The van der Waals surface area contributed by atoms with Crippen molar-refractivity contribution < 1.29 is 14.7 Å². The van der Waals surface area contributed by atoms with Crippen molar-refractivity contribution in [1.29, 1.82) is 0 Å². The number of carboxylic acid groups (broad SMARTS) is 1. The predicted molar refractivity (Wildman–Crippen MR) is 73.5 cm³/mol. The SMILES string of the molecule is O=C(O)[C@H]1C[C@H]1C(=O)Nc1ccc(N2CCCC2)nc1. The van der Waals surface area contributed by atoms with Gasteiger partial charge < -0.3 is 15.3 Å². The largest absolute Gasteiger partial charge is 0.481 e. The molecule has 20 heavy (non-hydrogen) atoms. The number of rotatable bonds is 4. The zero-order valence-electron chi connectivity index (χ0n) is 11.1. The summed E-state index contributed by atoms with van der Waals surface area (Å²) in [5.41, 5.74) is 0.619. The summed E-state index contributed by atoms with van der Waals surface area (Å²) in [7, 11) is 0. The number of pyridine rings is 1. The Morgan fingerprint density at radius 2 is 2.00 bits per heavy atom. The fraction of sp³-hybridized carbons (Fsp3) is 0.500. The first-order valence-corrected chi connectivity index (χ1v) is 6.90. The van der Waals surface area contributed by atoms with Crippen molar-refractivity contribution in [1.82, 2.24) is 4.98 Å². The van der Waals surface area contributed by atoms with E-state index in [1.807, 2.05) is 12.1 Å². The Labute approximate surface area is 116 Å². The Morgan fingerprint density at radius 1 is 1.25 bits per heavy atom. The maximum atomic E-state index is 11.8. The van der Waals surface area contributed by atoms with Crippen LogP contribution in [0.25, 0.3) is 0 Å². The van der Waals surface area contributed by atoms with E-state index in [2.05, 4.69) is 15.2 Å². The first kappa shape index (κ1) is 12.9. The first-order chi connectivity index (χ1) is 9.65. The lowest BCUT2D eigenvalue weighted by molar-refractivity contribution is -0.139. The van der Waals surface area contributed by atoms with Gasteiger partial charge in [0.15, 0.2) is 0 Å². The van der Waals surface area contributed by atoms with Gasteiger partial charge in [-0.05, 0) is 31.4 Å². The molecule has 3 rings (SSSR count). The number of nitrogens with zero attached hydrogens (tertiary/aromatic N) is 2. The Morgan fingerprint density at radius 3 is 2.55 bits per heavy atom. The standard InChI is InChI=1S/C14H17N3O3/c18-13(10-7-11(10)14(19)20)16-9-3-4-12(15-8-9)17-5-1-2-6-17/h3-4,8,10-11H,1-2,5-7H2,(H,16,18)(H,19,20)/t10-,11+/m1/s1. The topological polar surface area (TPSA) is 82.5 Å². The summed E-state index contributed by atoms with van der Waals surface area (Å²) < 4.78 is 0. The van der Waals surface area contributed by atoms with Crippen molar-refractivity contribution in [3.63, 3.8) is 0 Å². The van der Waals surface area contributed by atoms with E-state index < -0.39 is 17.8 Å². The quantitative estimate of drug-likeness (QED) is 0.866. The lowest BCUT2D eigenvalue weighted by atomic mass is 10.3. The van der Waals surface area contributed by atoms with Gasteiger partial charge >= 0.3 is 5.97 Å². The Hall–Kier alpha value is -2.11. The maximum absolute atomic E-state index is 11.8. The molecular weight excluding hydrogens is 258 g/mol. The van der Waals surface area contributed by atoms with Crippen molar-refractivity contribution in [2.45, 2.75) is 19.3 Å². The van der Waals surface area contributed by atoms with Gasteiger partial charge in [0.25, 0.3) is 0 Å². The molecule has 1 aromatic heterocycles. The van der Waals surface area contributed by atoms with Gasteiger partial charge in [0.2, 0.25) is 5.91 Å². The molecule has 6 nitrogen and oxygen atoms in total. The number of anilines is 2. The van der Waals surface area contributed by atoms with Crippen LogP contribution in [0.3, 0.4) is 0 Å². The number of hydrogen-bond acceptors (Lipinski definition) is 4. The van der Waals surface area contributed by atoms with Crippen molar-refractivity contribution in [2.24, 2.45) is 11.8 Å². The minimum atomic E-state index is -0.896. The summed E-state index contributed by atoms with van der Waals surface area (Å²) in [6.07, 6.45) is 4.45. The average molecular weight is 275 g/mol. The van der Waals surface area contributed by atoms with Crippen LogP contribution in [0.5, 0.6) is 0 Å². The lowest BCUT2D eigenvalue weighted by Gasteiger charge is -2.16. The Bertz CT molecular complexity index is 523. The summed E-state index contributed by atoms with van der Waals surface area (Å²) in [5.74, 6) is -1.12. The van der Waals surface area contributed by atoms with Crippen LogP contribution < -0.4 is 10.2 Å². The second-order valence-corrected chi connectivity index (χ2v) is 5.38. The molecule has 0 aromatic carbocycles. The molecule has 1 amide bonds. The van der Waals surface area contributed by atoms with E-state index in [1.54, 1.807) is 6.20 Å². The minimum Gasteiger partial charge on any atom is -0.481 e. The highest BCUT2D eigenvalue weighted by atomic mass is 16.4. The van der Waals surface area contributed by atoms with Crippen LogP contribution in [0.1, 0.15) is 19.3 Å². The van der Waals surface area contributed by atoms with Gasteiger partial charge in [0.05, 0.1) is 23.7 Å². The molecule has 0 radical (unpaired) electrons. The van der Waals surface area contributed by atoms with Crippen molar-refractivity contribution in [3.05, 3.63) is 18.3 Å². The lowest BCUT2D eigenvalue weighted by Crippen LogP contribution is -2.19. The van der Waals surface area contributed by atoms with Gasteiger partial charge in [0, 0.05) is 13.1 Å². The molecule has 1 aliphatic heterocycles. The highest BCUT2D eigenvalue weighted by Crippen LogP contribution is 2.39. The third kappa shape index (κ3) is 2.59. The molecule has 106 valence electrons. The number of nitrogens with one attached hydrogen (secondary N) is 1. The van der Waals surface area contributed by atoms with E-state index >= 15 is 0 Å². The van der Waals surface area contributed by atoms with E-state index in [-0.39, 0.29) is 5.91 Å². The second-order valence-electron chi connectivity index (χ2n) is 5.38.